The summed E-state index contributed by atoms with van der Waals surface area (Å²) in [4.78, 5) is 21.6. The van der Waals surface area contributed by atoms with Crippen LogP contribution in [0.1, 0.15) is 71.6 Å². The van der Waals surface area contributed by atoms with E-state index in [1.807, 2.05) is 0 Å². The van der Waals surface area contributed by atoms with Crippen LogP contribution in [-0.4, -0.2) is 30.3 Å². The van der Waals surface area contributed by atoms with Gasteiger partial charge in [0.2, 0.25) is 0 Å². The Balaban J connectivity index is 3.22. The quantitative estimate of drug-likeness (QED) is 0.399. The minimum atomic E-state index is -0.997. The average Bonchev–Trinajstić information content (AvgIpc) is 2.41. The van der Waals surface area contributed by atoms with E-state index in [9.17, 15) is 9.59 Å². The van der Waals surface area contributed by atoms with Crippen molar-refractivity contribution in [2.24, 2.45) is 5.92 Å². The molecule has 5 nitrogen and oxygen atoms in total. The van der Waals surface area contributed by atoms with E-state index in [4.69, 9.17) is 9.84 Å². The maximum atomic E-state index is 11.4. The van der Waals surface area contributed by atoms with Crippen molar-refractivity contribution in [1.82, 2.24) is 5.32 Å². The van der Waals surface area contributed by atoms with Gasteiger partial charge in [-0.3, -0.25) is 4.79 Å². The van der Waals surface area contributed by atoms with Crippen LogP contribution in [0.2, 0.25) is 0 Å². The summed E-state index contributed by atoms with van der Waals surface area (Å²) in [6.45, 7) is 5.45. The molecule has 1 amide bonds. The highest BCUT2D eigenvalue weighted by Crippen LogP contribution is 2.09. The van der Waals surface area contributed by atoms with Crippen LogP contribution in [-0.2, 0) is 9.53 Å². The molecule has 0 aliphatic carbocycles. The molecule has 0 spiro atoms. The molecule has 0 radical (unpaired) electrons. The number of nitrogens with one attached hydrogen (secondary N) is 1. The molecule has 0 bridgehead atoms. The maximum absolute atomic E-state index is 11.4. The van der Waals surface area contributed by atoms with E-state index in [-0.39, 0.29) is 5.97 Å². The second-order valence-corrected chi connectivity index (χ2v) is 5.86. The lowest BCUT2D eigenvalue weighted by atomic mass is 10.0. The van der Waals surface area contributed by atoms with Gasteiger partial charge in [0.1, 0.15) is 0 Å². The molecule has 0 fully saturated rings. The van der Waals surface area contributed by atoms with Gasteiger partial charge in [-0.15, -0.1) is 0 Å². The molecule has 0 heterocycles. The van der Waals surface area contributed by atoms with Crippen LogP contribution in [0.3, 0.4) is 0 Å². The monoisotopic (exact) mass is 301 g/mol. The molecule has 0 unspecified atom stereocenters. The van der Waals surface area contributed by atoms with Crippen LogP contribution in [0, 0.1) is 5.92 Å². The van der Waals surface area contributed by atoms with E-state index < -0.39 is 6.09 Å². The Morgan fingerprint density at radius 2 is 1.67 bits per heavy atom. The fraction of sp³-hybridized carbons (Fsp3) is 0.875. The minimum Gasteiger partial charge on any atom is -0.466 e. The number of hydrogen-bond acceptors (Lipinski definition) is 3. The SMILES string of the molecule is CC(C)CCCCCCOC(=O)CCCCCNC(=O)O. The zero-order valence-electron chi connectivity index (χ0n) is 13.5. The predicted molar refractivity (Wildman–Crippen MR) is 83.4 cm³/mol. The van der Waals surface area contributed by atoms with Gasteiger partial charge in [0.15, 0.2) is 0 Å². The Labute approximate surface area is 128 Å². The van der Waals surface area contributed by atoms with Gasteiger partial charge < -0.3 is 15.2 Å². The summed E-state index contributed by atoms with van der Waals surface area (Å²) in [5.41, 5.74) is 0. The molecule has 2 N–H and O–H groups in total. The third-order valence-electron chi connectivity index (χ3n) is 3.27. The first-order valence-corrected chi connectivity index (χ1v) is 8.14. The van der Waals surface area contributed by atoms with Gasteiger partial charge in [-0.25, -0.2) is 4.79 Å². The first kappa shape index (κ1) is 19.7. The van der Waals surface area contributed by atoms with Gasteiger partial charge in [0.05, 0.1) is 6.61 Å². The lowest BCUT2D eigenvalue weighted by Gasteiger charge is -2.06. The molecule has 5 heteroatoms. The number of unbranched alkanes of at least 4 members (excludes halogenated alkanes) is 5. The minimum absolute atomic E-state index is 0.136. The number of esters is 1. The van der Waals surface area contributed by atoms with Crippen molar-refractivity contribution in [3.8, 4) is 0 Å². The number of amides is 1. The van der Waals surface area contributed by atoms with Crippen LogP contribution >= 0.6 is 0 Å². The highest BCUT2D eigenvalue weighted by Gasteiger charge is 2.03. The second-order valence-electron chi connectivity index (χ2n) is 5.86. The number of carbonyl (C=O) groups excluding carboxylic acids is 1. The molecule has 0 rings (SSSR count). The van der Waals surface area contributed by atoms with E-state index in [0.717, 1.165) is 38.0 Å². The summed E-state index contributed by atoms with van der Waals surface area (Å²) in [7, 11) is 0. The molecule has 0 aliphatic rings. The Bertz CT molecular complexity index is 279. The molecule has 0 aromatic carbocycles. The molecular weight excluding hydrogens is 270 g/mol. The lowest BCUT2D eigenvalue weighted by molar-refractivity contribution is -0.143. The second kappa shape index (κ2) is 13.7. The van der Waals surface area contributed by atoms with Gasteiger partial charge >= 0.3 is 12.1 Å². The van der Waals surface area contributed by atoms with Crippen molar-refractivity contribution in [2.45, 2.75) is 71.6 Å². The Morgan fingerprint density at radius 1 is 1.00 bits per heavy atom. The molecule has 0 saturated heterocycles. The summed E-state index contributed by atoms with van der Waals surface area (Å²) in [5.74, 6) is 0.636. The van der Waals surface area contributed by atoms with Crippen LogP contribution in [0.5, 0.6) is 0 Å². The maximum Gasteiger partial charge on any atom is 0.404 e. The summed E-state index contributed by atoms with van der Waals surface area (Å²) in [6.07, 6.45) is 7.61. The van der Waals surface area contributed by atoms with Crippen LogP contribution < -0.4 is 5.32 Å². The fourth-order valence-electron chi connectivity index (χ4n) is 2.03. The topological polar surface area (TPSA) is 75.6 Å². The number of ether oxygens (including phenoxy) is 1. The highest BCUT2D eigenvalue weighted by atomic mass is 16.5. The molecule has 0 aromatic rings. The van der Waals surface area contributed by atoms with Crippen molar-refractivity contribution in [2.75, 3.05) is 13.2 Å². The van der Waals surface area contributed by atoms with E-state index in [1.54, 1.807) is 0 Å². The molecular formula is C16H31NO4. The summed E-state index contributed by atoms with van der Waals surface area (Å²) in [5, 5.41) is 10.7. The van der Waals surface area contributed by atoms with E-state index in [1.165, 1.54) is 19.3 Å². The van der Waals surface area contributed by atoms with Crippen molar-refractivity contribution in [3.63, 3.8) is 0 Å². The van der Waals surface area contributed by atoms with E-state index >= 15 is 0 Å². The predicted octanol–water partition coefficient (Wildman–Crippen LogP) is 3.96. The van der Waals surface area contributed by atoms with Crippen molar-refractivity contribution >= 4 is 12.1 Å². The highest BCUT2D eigenvalue weighted by molar-refractivity contribution is 5.69. The third-order valence-corrected chi connectivity index (χ3v) is 3.27. The Kier molecular flexibility index (Phi) is 12.9. The van der Waals surface area contributed by atoms with Crippen molar-refractivity contribution < 1.29 is 19.4 Å². The smallest absolute Gasteiger partial charge is 0.404 e. The molecule has 124 valence electrons. The number of carbonyl (C=O) groups is 2. The Hall–Kier alpha value is -1.26. The molecule has 0 atom stereocenters. The molecule has 0 saturated carbocycles. The lowest BCUT2D eigenvalue weighted by Crippen LogP contribution is -2.21. The first-order valence-electron chi connectivity index (χ1n) is 8.14. The normalized spacial score (nSPS) is 10.6. The van der Waals surface area contributed by atoms with E-state index in [0.29, 0.717) is 19.6 Å². The van der Waals surface area contributed by atoms with Crippen molar-refractivity contribution in [1.29, 1.82) is 0 Å². The van der Waals surface area contributed by atoms with E-state index in [2.05, 4.69) is 19.2 Å². The van der Waals surface area contributed by atoms with Crippen molar-refractivity contribution in [3.05, 3.63) is 0 Å². The number of hydrogen-bond donors (Lipinski definition) is 2. The number of carboxylic acid groups (broad SMARTS) is 1. The summed E-state index contributed by atoms with van der Waals surface area (Å²) >= 11 is 0. The van der Waals surface area contributed by atoms with Gasteiger partial charge in [-0.05, 0) is 25.2 Å². The zero-order chi connectivity index (χ0) is 15.9. The molecule has 21 heavy (non-hydrogen) atoms. The molecule has 0 aliphatic heterocycles. The zero-order valence-corrected chi connectivity index (χ0v) is 13.5. The summed E-state index contributed by atoms with van der Waals surface area (Å²) in [6, 6.07) is 0. The van der Waals surface area contributed by atoms with Gasteiger partial charge in [-0.1, -0.05) is 46.0 Å². The standard InChI is InChI=1S/C16H31NO4/c1-14(2)10-6-3-4-9-13-21-15(18)11-7-5-8-12-17-16(19)20/h14,17H,3-13H2,1-2H3,(H,19,20). The summed E-state index contributed by atoms with van der Waals surface area (Å²) < 4.78 is 5.17. The van der Waals surface area contributed by atoms with Crippen LogP contribution in [0.25, 0.3) is 0 Å². The Morgan fingerprint density at radius 3 is 2.33 bits per heavy atom. The van der Waals surface area contributed by atoms with Gasteiger partial charge in [0.25, 0.3) is 0 Å². The number of rotatable bonds is 13. The average molecular weight is 301 g/mol. The van der Waals surface area contributed by atoms with Crippen LogP contribution in [0.15, 0.2) is 0 Å². The fourth-order valence-corrected chi connectivity index (χ4v) is 2.03. The molecule has 0 aromatic heterocycles. The van der Waals surface area contributed by atoms with Gasteiger partial charge in [-0.2, -0.15) is 0 Å². The largest absolute Gasteiger partial charge is 0.466 e. The van der Waals surface area contributed by atoms with Crippen LogP contribution in [0.4, 0.5) is 4.79 Å². The van der Waals surface area contributed by atoms with Gasteiger partial charge in [0, 0.05) is 13.0 Å². The third kappa shape index (κ3) is 16.7. The first-order chi connectivity index (χ1) is 10.0.